The number of ether oxygens (including phenoxy) is 1. The standard InChI is InChI=1S/C22H35NO3/c1-15-13-17-16(14-18(15)24)9-10-21(5,6)22(17,7)11-12-23(8)19(25)26-20(2,3)4/h13-14,24H,9-12H2,1-8H3/t22-/m0/s1. The highest BCUT2D eigenvalue weighted by atomic mass is 16.6. The van der Waals surface area contributed by atoms with Crippen LogP contribution in [-0.4, -0.2) is 35.3 Å². The van der Waals surface area contributed by atoms with E-state index in [9.17, 15) is 9.90 Å². The average Bonchev–Trinajstić information content (AvgIpc) is 2.50. The summed E-state index contributed by atoms with van der Waals surface area (Å²) in [7, 11) is 1.80. The first-order chi connectivity index (χ1) is 11.8. The fourth-order valence-electron chi connectivity index (χ4n) is 3.84. The molecular weight excluding hydrogens is 326 g/mol. The summed E-state index contributed by atoms with van der Waals surface area (Å²) >= 11 is 0. The van der Waals surface area contributed by atoms with Gasteiger partial charge in [-0.05, 0) is 80.5 Å². The van der Waals surface area contributed by atoms with Crippen molar-refractivity contribution in [1.29, 1.82) is 0 Å². The first kappa shape index (κ1) is 20.6. The highest BCUT2D eigenvalue weighted by Gasteiger charge is 2.46. The number of carbonyl (C=O) groups excluding carboxylic acids is 1. The summed E-state index contributed by atoms with van der Waals surface area (Å²) in [6.07, 6.45) is 2.62. The highest BCUT2D eigenvalue weighted by molar-refractivity contribution is 5.67. The Morgan fingerprint density at radius 3 is 2.46 bits per heavy atom. The summed E-state index contributed by atoms with van der Waals surface area (Å²) in [5.74, 6) is 0.372. The van der Waals surface area contributed by atoms with Crippen molar-refractivity contribution < 1.29 is 14.6 Å². The van der Waals surface area contributed by atoms with Gasteiger partial charge in [-0.1, -0.05) is 26.8 Å². The maximum atomic E-state index is 12.3. The van der Waals surface area contributed by atoms with Crippen LogP contribution in [-0.2, 0) is 16.6 Å². The Morgan fingerprint density at radius 2 is 1.88 bits per heavy atom. The van der Waals surface area contributed by atoms with Gasteiger partial charge in [-0.15, -0.1) is 0 Å². The molecule has 0 aliphatic heterocycles. The number of phenolic OH excluding ortho intramolecular Hbond substituents is 1. The third-order valence-corrected chi connectivity index (χ3v) is 6.18. The van der Waals surface area contributed by atoms with Crippen LogP contribution >= 0.6 is 0 Å². The lowest BCUT2D eigenvalue weighted by Crippen LogP contribution is -2.46. The number of hydrogen-bond acceptors (Lipinski definition) is 3. The van der Waals surface area contributed by atoms with Crippen LogP contribution in [0, 0.1) is 12.3 Å². The molecule has 1 aromatic carbocycles. The zero-order valence-electron chi connectivity index (χ0n) is 17.7. The van der Waals surface area contributed by atoms with Gasteiger partial charge >= 0.3 is 6.09 Å². The van der Waals surface area contributed by atoms with Gasteiger partial charge in [-0.3, -0.25) is 0 Å². The minimum Gasteiger partial charge on any atom is -0.508 e. The lowest BCUT2D eigenvalue weighted by molar-refractivity contribution is 0.0262. The van der Waals surface area contributed by atoms with E-state index in [1.807, 2.05) is 33.8 Å². The van der Waals surface area contributed by atoms with Crippen molar-refractivity contribution in [3.63, 3.8) is 0 Å². The Balaban J connectivity index is 2.26. The van der Waals surface area contributed by atoms with Gasteiger partial charge in [0, 0.05) is 13.6 Å². The quantitative estimate of drug-likeness (QED) is 0.806. The predicted octanol–water partition coefficient (Wildman–Crippen LogP) is 5.19. The summed E-state index contributed by atoms with van der Waals surface area (Å²) < 4.78 is 5.48. The molecule has 1 aliphatic rings. The molecule has 1 N–H and O–H groups in total. The Kier molecular flexibility index (Phi) is 5.38. The van der Waals surface area contributed by atoms with Crippen LogP contribution in [0.2, 0.25) is 0 Å². The third-order valence-electron chi connectivity index (χ3n) is 6.18. The zero-order chi connectivity index (χ0) is 19.9. The summed E-state index contributed by atoms with van der Waals surface area (Å²) in [6, 6.07) is 4.06. The van der Waals surface area contributed by atoms with Gasteiger partial charge in [-0.2, -0.15) is 0 Å². The van der Waals surface area contributed by atoms with Crippen molar-refractivity contribution in [3.8, 4) is 5.75 Å². The largest absolute Gasteiger partial charge is 0.508 e. The molecule has 0 aromatic heterocycles. The van der Waals surface area contributed by atoms with Crippen LogP contribution in [0.25, 0.3) is 0 Å². The van der Waals surface area contributed by atoms with Crippen LogP contribution in [0.1, 0.15) is 71.1 Å². The van der Waals surface area contributed by atoms with Crippen LogP contribution in [0.15, 0.2) is 12.1 Å². The maximum absolute atomic E-state index is 12.3. The molecule has 0 fully saturated rings. The van der Waals surface area contributed by atoms with E-state index in [1.54, 1.807) is 11.9 Å². The summed E-state index contributed by atoms with van der Waals surface area (Å²) in [5.41, 5.74) is 3.00. The van der Waals surface area contributed by atoms with E-state index in [0.717, 1.165) is 24.8 Å². The monoisotopic (exact) mass is 361 g/mol. The molecule has 0 unspecified atom stereocenters. The summed E-state index contributed by atoms with van der Waals surface area (Å²) in [5, 5.41) is 10.1. The van der Waals surface area contributed by atoms with Gasteiger partial charge in [-0.25, -0.2) is 4.79 Å². The van der Waals surface area contributed by atoms with Crippen LogP contribution < -0.4 is 0 Å². The van der Waals surface area contributed by atoms with E-state index in [2.05, 4.69) is 26.8 Å². The van der Waals surface area contributed by atoms with Crippen molar-refractivity contribution in [2.24, 2.45) is 5.41 Å². The first-order valence-corrected chi connectivity index (χ1v) is 9.54. The van der Waals surface area contributed by atoms with Crippen molar-refractivity contribution in [1.82, 2.24) is 4.90 Å². The third kappa shape index (κ3) is 3.99. The first-order valence-electron chi connectivity index (χ1n) is 9.54. The van der Waals surface area contributed by atoms with Gasteiger partial charge in [0.15, 0.2) is 0 Å². The normalized spacial score (nSPS) is 21.8. The molecule has 146 valence electrons. The Labute approximate surface area is 158 Å². The number of fused-ring (bicyclic) bond motifs is 1. The summed E-state index contributed by atoms with van der Waals surface area (Å²) in [4.78, 5) is 14.0. The smallest absolute Gasteiger partial charge is 0.410 e. The van der Waals surface area contributed by atoms with Crippen molar-refractivity contribution in [2.75, 3.05) is 13.6 Å². The number of rotatable bonds is 3. The molecule has 1 aromatic rings. The van der Waals surface area contributed by atoms with E-state index in [4.69, 9.17) is 4.74 Å². The van der Waals surface area contributed by atoms with Gasteiger partial charge in [0.2, 0.25) is 0 Å². The minimum atomic E-state index is -0.486. The van der Waals surface area contributed by atoms with Gasteiger partial charge in [0.25, 0.3) is 0 Å². The fraction of sp³-hybridized carbons (Fsp3) is 0.682. The zero-order valence-corrected chi connectivity index (χ0v) is 17.7. The molecule has 0 bridgehead atoms. The maximum Gasteiger partial charge on any atom is 0.410 e. The number of phenols is 1. The topological polar surface area (TPSA) is 49.8 Å². The summed E-state index contributed by atoms with van der Waals surface area (Å²) in [6.45, 7) is 15.2. The number of carbonyl (C=O) groups is 1. The lowest BCUT2D eigenvalue weighted by atomic mass is 9.55. The molecule has 0 saturated carbocycles. The van der Waals surface area contributed by atoms with Gasteiger partial charge in [0.1, 0.15) is 11.4 Å². The Bertz CT molecular complexity index is 687. The van der Waals surface area contributed by atoms with Crippen molar-refractivity contribution in [2.45, 2.75) is 78.7 Å². The number of hydrogen-bond donors (Lipinski definition) is 1. The second-order valence-electron chi connectivity index (χ2n) is 9.66. The Hall–Kier alpha value is -1.71. The molecule has 0 spiro atoms. The van der Waals surface area contributed by atoms with Crippen LogP contribution in [0.3, 0.4) is 0 Å². The molecule has 4 heteroatoms. The minimum absolute atomic E-state index is 0.0741. The second kappa shape index (κ2) is 6.79. The molecule has 2 rings (SSSR count). The molecule has 1 amide bonds. The van der Waals surface area contributed by atoms with Gasteiger partial charge in [0.05, 0.1) is 0 Å². The number of aryl methyl sites for hydroxylation is 2. The van der Waals surface area contributed by atoms with Gasteiger partial charge < -0.3 is 14.7 Å². The Morgan fingerprint density at radius 1 is 1.27 bits per heavy atom. The van der Waals surface area contributed by atoms with E-state index >= 15 is 0 Å². The van der Waals surface area contributed by atoms with E-state index in [1.165, 1.54) is 11.1 Å². The SMILES string of the molecule is Cc1cc2c(cc1O)CCC(C)(C)[C@@]2(C)CCN(C)C(=O)OC(C)(C)C. The molecule has 0 radical (unpaired) electrons. The highest BCUT2D eigenvalue weighted by Crippen LogP contribution is 2.52. The van der Waals surface area contributed by atoms with Crippen molar-refractivity contribution >= 4 is 6.09 Å². The molecule has 1 aliphatic carbocycles. The molecule has 1 atom stereocenters. The number of benzene rings is 1. The number of amides is 1. The number of nitrogens with zero attached hydrogens (tertiary/aromatic N) is 1. The molecule has 0 heterocycles. The average molecular weight is 362 g/mol. The van der Waals surface area contributed by atoms with E-state index in [-0.39, 0.29) is 16.9 Å². The van der Waals surface area contributed by atoms with Crippen LogP contribution in [0.5, 0.6) is 5.75 Å². The van der Waals surface area contributed by atoms with E-state index < -0.39 is 5.60 Å². The fourth-order valence-corrected chi connectivity index (χ4v) is 3.84. The molecular formula is C22H35NO3. The lowest BCUT2D eigenvalue weighted by Gasteiger charge is -2.50. The molecule has 0 saturated heterocycles. The second-order valence-corrected chi connectivity index (χ2v) is 9.66. The molecule has 4 nitrogen and oxygen atoms in total. The van der Waals surface area contributed by atoms with Crippen molar-refractivity contribution in [3.05, 3.63) is 28.8 Å². The number of aromatic hydroxyl groups is 1. The van der Waals surface area contributed by atoms with Crippen LogP contribution in [0.4, 0.5) is 4.79 Å². The molecule has 26 heavy (non-hydrogen) atoms. The predicted molar refractivity (Wildman–Crippen MR) is 106 cm³/mol. The van der Waals surface area contributed by atoms with E-state index in [0.29, 0.717) is 12.3 Å².